The van der Waals surface area contributed by atoms with Crippen LogP contribution in [0.2, 0.25) is 0 Å². The lowest BCUT2D eigenvalue weighted by Crippen LogP contribution is -2.21. The highest BCUT2D eigenvalue weighted by molar-refractivity contribution is 6.01. The van der Waals surface area contributed by atoms with Gasteiger partial charge in [0.15, 0.2) is 12.4 Å². The van der Waals surface area contributed by atoms with Gasteiger partial charge in [-0.05, 0) is 41.6 Å². The lowest BCUT2D eigenvalue weighted by molar-refractivity contribution is -0.116. The lowest BCUT2D eigenvalue weighted by atomic mass is 10.1. The third-order valence-electron chi connectivity index (χ3n) is 5.39. The first kappa shape index (κ1) is 21.9. The van der Waals surface area contributed by atoms with Crippen molar-refractivity contribution in [1.29, 1.82) is 0 Å². The Balaban J connectivity index is 1.40. The summed E-state index contributed by atoms with van der Waals surface area (Å²) < 4.78 is 9.85. The normalized spacial score (nSPS) is 11.1. The number of hydrogen-bond acceptors (Lipinski definition) is 9. The number of tetrazole rings is 1. The average Bonchev–Trinajstić information content (AvgIpc) is 3.51. The van der Waals surface area contributed by atoms with Crippen LogP contribution < -0.4 is 10.9 Å². The molecule has 0 radical (unpaired) electrons. The van der Waals surface area contributed by atoms with E-state index < -0.39 is 11.9 Å². The smallest absolute Gasteiger partial charge is 0.340 e. The summed E-state index contributed by atoms with van der Waals surface area (Å²) >= 11 is 0. The van der Waals surface area contributed by atoms with E-state index in [1.807, 2.05) is 19.1 Å². The number of esters is 1. The Hall–Kier alpha value is -4.94. The second-order valence-electron chi connectivity index (χ2n) is 7.81. The molecule has 0 saturated carbocycles. The number of fused-ring (bicyclic) bond motifs is 3. The summed E-state index contributed by atoms with van der Waals surface area (Å²) in [5, 5.41) is 22.0. The van der Waals surface area contributed by atoms with E-state index in [2.05, 4.69) is 31.0 Å². The molecule has 0 aliphatic carbocycles. The molecule has 0 atom stereocenters. The van der Waals surface area contributed by atoms with Crippen molar-refractivity contribution in [2.24, 2.45) is 7.05 Å². The molecule has 1 N–H and O–H groups in total. The molecular weight excluding hydrogens is 454 g/mol. The quantitative estimate of drug-likeness (QED) is 0.354. The van der Waals surface area contributed by atoms with Crippen molar-refractivity contribution >= 4 is 34.2 Å². The Kier molecular flexibility index (Phi) is 5.49. The number of amides is 1. The van der Waals surface area contributed by atoms with Gasteiger partial charge in [0.1, 0.15) is 12.9 Å². The highest BCUT2D eigenvalue weighted by atomic mass is 16.5. The zero-order chi connectivity index (χ0) is 24.5. The predicted molar refractivity (Wildman–Crippen MR) is 122 cm³/mol. The number of carbonyl (C=O) groups is 2. The molecule has 13 heteroatoms. The van der Waals surface area contributed by atoms with Crippen LogP contribution in [0.4, 0.5) is 5.69 Å². The van der Waals surface area contributed by atoms with Crippen LogP contribution in [0.3, 0.4) is 0 Å². The number of rotatable bonds is 6. The fourth-order valence-electron chi connectivity index (χ4n) is 3.72. The van der Waals surface area contributed by atoms with Crippen molar-refractivity contribution in [3.05, 3.63) is 76.1 Å². The van der Waals surface area contributed by atoms with Crippen LogP contribution in [0.5, 0.6) is 0 Å². The molecule has 0 fully saturated rings. The van der Waals surface area contributed by atoms with Crippen LogP contribution in [0.15, 0.2) is 53.6 Å². The molecule has 35 heavy (non-hydrogen) atoms. The second kappa shape index (κ2) is 8.78. The number of benzene rings is 2. The number of aryl methyl sites for hydroxylation is 2. The fourth-order valence-corrected chi connectivity index (χ4v) is 3.72. The summed E-state index contributed by atoms with van der Waals surface area (Å²) in [5.41, 5.74) is 1.80. The van der Waals surface area contributed by atoms with Crippen molar-refractivity contribution in [2.75, 3.05) is 5.32 Å². The summed E-state index contributed by atoms with van der Waals surface area (Å²) in [5.74, 6) is -0.403. The maximum atomic E-state index is 12.9. The van der Waals surface area contributed by atoms with E-state index in [-0.39, 0.29) is 30.0 Å². The highest BCUT2D eigenvalue weighted by Gasteiger charge is 2.19. The standard InChI is InChI=1S/C22H19N9O4/c1-13-7-8-17-15(9-13)20(33)29(2)22-26-25-18(31(17)22)11-35-21(34)14-5-3-4-6-16(14)24-19(32)10-30-12-23-27-28-30/h3-9,12H,10-11H2,1-2H3,(H,24,32). The fraction of sp³-hybridized carbons (Fsp3) is 0.182. The zero-order valence-electron chi connectivity index (χ0n) is 18.7. The minimum absolute atomic E-state index is 0.118. The van der Waals surface area contributed by atoms with Crippen molar-refractivity contribution in [3.8, 4) is 0 Å². The van der Waals surface area contributed by atoms with Gasteiger partial charge in [-0.15, -0.1) is 15.3 Å². The topological polar surface area (TPSA) is 151 Å². The van der Waals surface area contributed by atoms with E-state index in [0.29, 0.717) is 22.5 Å². The second-order valence-corrected chi connectivity index (χ2v) is 7.81. The number of hydrogen-bond donors (Lipinski definition) is 1. The number of aromatic nitrogens is 8. The van der Waals surface area contributed by atoms with E-state index in [1.165, 1.54) is 15.6 Å². The van der Waals surface area contributed by atoms with E-state index in [9.17, 15) is 14.4 Å². The Bertz CT molecular complexity index is 1640. The van der Waals surface area contributed by atoms with Crippen LogP contribution in [-0.2, 0) is 29.7 Å². The van der Waals surface area contributed by atoms with Gasteiger partial charge < -0.3 is 10.1 Å². The molecule has 5 rings (SSSR count). The number of nitrogens with one attached hydrogen (secondary N) is 1. The molecule has 0 aliphatic rings. The average molecular weight is 473 g/mol. The number of para-hydroxylation sites is 1. The molecule has 1 amide bonds. The SMILES string of the molecule is Cc1ccc2c(c1)c(=O)n(C)c1nnc(COC(=O)c3ccccc3NC(=O)Cn3cnnn3)n21. The Morgan fingerprint density at radius 2 is 1.94 bits per heavy atom. The lowest BCUT2D eigenvalue weighted by Gasteiger charge is -2.11. The van der Waals surface area contributed by atoms with Crippen LogP contribution >= 0.6 is 0 Å². The van der Waals surface area contributed by atoms with Crippen LogP contribution in [0.1, 0.15) is 21.7 Å². The first-order chi connectivity index (χ1) is 16.9. The molecule has 0 bridgehead atoms. The number of anilines is 1. The molecule has 0 spiro atoms. The van der Waals surface area contributed by atoms with E-state index >= 15 is 0 Å². The van der Waals surface area contributed by atoms with Gasteiger partial charge in [0.25, 0.3) is 5.56 Å². The monoisotopic (exact) mass is 473 g/mol. The number of ether oxygens (including phenoxy) is 1. The predicted octanol–water partition coefficient (Wildman–Crippen LogP) is 0.872. The molecule has 176 valence electrons. The summed E-state index contributed by atoms with van der Waals surface area (Å²) in [6.07, 6.45) is 1.31. The van der Waals surface area contributed by atoms with Crippen LogP contribution in [-0.4, -0.2) is 51.2 Å². The Morgan fingerprint density at radius 1 is 1.11 bits per heavy atom. The van der Waals surface area contributed by atoms with E-state index in [1.54, 1.807) is 41.8 Å². The van der Waals surface area contributed by atoms with Crippen molar-refractivity contribution in [3.63, 3.8) is 0 Å². The zero-order valence-corrected chi connectivity index (χ0v) is 18.7. The van der Waals surface area contributed by atoms with Gasteiger partial charge in [-0.2, -0.15) is 0 Å². The van der Waals surface area contributed by atoms with E-state index in [4.69, 9.17) is 4.74 Å². The largest absolute Gasteiger partial charge is 0.454 e. The first-order valence-corrected chi connectivity index (χ1v) is 10.5. The van der Waals surface area contributed by atoms with Crippen molar-refractivity contribution in [2.45, 2.75) is 20.1 Å². The number of carbonyl (C=O) groups excluding carboxylic acids is 2. The molecule has 0 unspecified atom stereocenters. The first-order valence-electron chi connectivity index (χ1n) is 10.5. The van der Waals surface area contributed by atoms with Gasteiger partial charge in [0.2, 0.25) is 11.7 Å². The van der Waals surface area contributed by atoms with Crippen LogP contribution in [0.25, 0.3) is 16.7 Å². The third kappa shape index (κ3) is 4.10. The highest BCUT2D eigenvalue weighted by Crippen LogP contribution is 2.19. The molecule has 3 aromatic heterocycles. The van der Waals surface area contributed by atoms with Gasteiger partial charge in [0, 0.05) is 7.05 Å². The van der Waals surface area contributed by atoms with Crippen molar-refractivity contribution in [1.82, 2.24) is 39.4 Å². The van der Waals surface area contributed by atoms with Gasteiger partial charge >= 0.3 is 5.97 Å². The maximum absolute atomic E-state index is 12.9. The van der Waals surface area contributed by atoms with Gasteiger partial charge in [-0.1, -0.05) is 23.8 Å². The summed E-state index contributed by atoms with van der Waals surface area (Å²) in [6, 6.07) is 12.0. The third-order valence-corrected chi connectivity index (χ3v) is 5.39. The minimum atomic E-state index is -0.662. The molecule has 0 saturated heterocycles. The van der Waals surface area contributed by atoms with Gasteiger partial charge in [-0.25, -0.2) is 9.48 Å². The Morgan fingerprint density at radius 3 is 2.74 bits per heavy atom. The van der Waals surface area contributed by atoms with E-state index in [0.717, 1.165) is 5.56 Å². The molecule has 3 heterocycles. The summed E-state index contributed by atoms with van der Waals surface area (Å²) in [6.45, 7) is 1.58. The Labute approximate surface area is 197 Å². The summed E-state index contributed by atoms with van der Waals surface area (Å²) in [7, 11) is 1.61. The van der Waals surface area contributed by atoms with Crippen LogP contribution in [0, 0.1) is 6.92 Å². The maximum Gasteiger partial charge on any atom is 0.340 e. The molecular formula is C22H19N9O4. The molecule has 2 aromatic carbocycles. The molecule has 5 aromatic rings. The minimum Gasteiger partial charge on any atom is -0.454 e. The molecule has 0 aliphatic heterocycles. The summed E-state index contributed by atoms with van der Waals surface area (Å²) in [4.78, 5) is 38.0. The van der Waals surface area contributed by atoms with Gasteiger partial charge in [-0.3, -0.25) is 18.6 Å². The van der Waals surface area contributed by atoms with Crippen molar-refractivity contribution < 1.29 is 14.3 Å². The molecule has 13 nitrogen and oxygen atoms in total. The van der Waals surface area contributed by atoms with Gasteiger partial charge in [0.05, 0.1) is 22.2 Å². The number of nitrogens with zero attached hydrogens (tertiary/aromatic N) is 8.